The molecule has 0 unspecified atom stereocenters. The average molecular weight is 332 g/mol. The van der Waals surface area contributed by atoms with Crippen LogP contribution in [0.2, 0.25) is 0 Å². The van der Waals surface area contributed by atoms with Crippen LogP contribution in [0.25, 0.3) is 10.9 Å². The van der Waals surface area contributed by atoms with Gasteiger partial charge in [-0.15, -0.1) is 0 Å². The van der Waals surface area contributed by atoms with Crippen molar-refractivity contribution in [1.82, 2.24) is 9.97 Å². The number of para-hydroxylation sites is 1. The Labute approximate surface area is 132 Å². The van der Waals surface area contributed by atoms with Gasteiger partial charge in [0.1, 0.15) is 23.5 Å². The smallest absolute Gasteiger partial charge is 0.238 e. The summed E-state index contributed by atoms with van der Waals surface area (Å²) in [5.74, 6) is 0.0414. The second kappa shape index (κ2) is 5.90. The van der Waals surface area contributed by atoms with Gasteiger partial charge in [-0.1, -0.05) is 18.2 Å². The van der Waals surface area contributed by atoms with E-state index >= 15 is 0 Å². The molecule has 0 atom stereocenters. The second-order valence-corrected chi connectivity index (χ2v) is 6.47. The summed E-state index contributed by atoms with van der Waals surface area (Å²) in [5.41, 5.74) is 0.933. The van der Waals surface area contributed by atoms with Crippen molar-refractivity contribution >= 4 is 26.7 Å². The highest BCUT2D eigenvalue weighted by Gasteiger charge is 2.09. The lowest BCUT2D eigenvalue weighted by Crippen LogP contribution is -2.12. The number of primary sulfonamides is 1. The number of nitrogens with two attached hydrogens (primary N) is 1. The summed E-state index contributed by atoms with van der Waals surface area (Å²) >= 11 is 0. The van der Waals surface area contributed by atoms with Crippen LogP contribution < -0.4 is 10.5 Å². The van der Waals surface area contributed by atoms with E-state index in [9.17, 15) is 12.8 Å². The minimum Gasteiger partial charge on any atom is -0.365 e. The molecule has 0 radical (unpaired) electrons. The highest BCUT2D eigenvalue weighted by atomic mass is 32.2. The van der Waals surface area contributed by atoms with Crippen LogP contribution in [0.3, 0.4) is 0 Å². The minimum absolute atomic E-state index is 0.0374. The lowest BCUT2D eigenvalue weighted by Gasteiger charge is -2.09. The molecule has 6 nitrogen and oxygen atoms in total. The summed E-state index contributed by atoms with van der Waals surface area (Å²) in [6, 6.07) is 10.9. The molecule has 3 aromatic rings. The van der Waals surface area contributed by atoms with Crippen LogP contribution in [0.4, 0.5) is 10.2 Å². The molecule has 3 rings (SSSR count). The Kier molecular flexibility index (Phi) is 3.93. The highest BCUT2D eigenvalue weighted by molar-refractivity contribution is 7.89. The van der Waals surface area contributed by atoms with Gasteiger partial charge >= 0.3 is 0 Å². The van der Waals surface area contributed by atoms with Gasteiger partial charge in [0.15, 0.2) is 0 Å². The summed E-state index contributed by atoms with van der Waals surface area (Å²) in [6.07, 6.45) is 1.27. The molecule has 0 bridgehead atoms. The largest absolute Gasteiger partial charge is 0.365 e. The fraction of sp³-hybridized carbons (Fsp3) is 0.0667. The molecule has 0 aliphatic rings. The van der Waals surface area contributed by atoms with E-state index in [0.717, 1.165) is 0 Å². The van der Waals surface area contributed by atoms with E-state index in [1.54, 1.807) is 24.3 Å². The van der Waals surface area contributed by atoms with Crippen LogP contribution in [0, 0.1) is 5.82 Å². The van der Waals surface area contributed by atoms with Gasteiger partial charge in [-0.3, -0.25) is 0 Å². The topological polar surface area (TPSA) is 98.0 Å². The Bertz CT molecular complexity index is 976. The molecule has 23 heavy (non-hydrogen) atoms. The minimum atomic E-state index is -3.75. The third-order valence-electron chi connectivity index (χ3n) is 3.30. The predicted octanol–water partition coefficient (Wildman–Crippen LogP) is 2.03. The molecule has 0 aliphatic heterocycles. The van der Waals surface area contributed by atoms with Crippen LogP contribution in [-0.2, 0) is 16.6 Å². The first kappa shape index (κ1) is 15.3. The van der Waals surface area contributed by atoms with Crippen molar-refractivity contribution in [3.63, 3.8) is 0 Å². The van der Waals surface area contributed by atoms with Gasteiger partial charge in [0.05, 0.1) is 4.90 Å². The van der Waals surface area contributed by atoms with E-state index in [-0.39, 0.29) is 10.4 Å². The van der Waals surface area contributed by atoms with Gasteiger partial charge in [0.2, 0.25) is 10.0 Å². The number of halogens is 1. The maximum Gasteiger partial charge on any atom is 0.238 e. The molecule has 0 amide bonds. The summed E-state index contributed by atoms with van der Waals surface area (Å²) in [4.78, 5) is 8.06. The molecule has 3 N–H and O–H groups in total. The Morgan fingerprint density at radius 1 is 1.13 bits per heavy atom. The van der Waals surface area contributed by atoms with Crippen LogP contribution in [0.5, 0.6) is 0 Å². The van der Waals surface area contributed by atoms with Crippen LogP contribution >= 0.6 is 0 Å². The highest BCUT2D eigenvalue weighted by Crippen LogP contribution is 2.22. The zero-order valence-corrected chi connectivity index (χ0v) is 12.7. The molecule has 1 heterocycles. The molecular formula is C15H13FN4O2S. The standard InChI is InChI=1S/C15H13FN4O2S/c16-13-6-2-5-12-14(13)19-9-20-15(12)18-8-10-3-1-4-11(7-10)23(17,21)22/h1-7,9H,8H2,(H2,17,21,22)(H,18,19,20). The molecule has 8 heteroatoms. The third kappa shape index (κ3) is 3.27. The molecule has 0 saturated heterocycles. The third-order valence-corrected chi connectivity index (χ3v) is 4.21. The normalized spacial score (nSPS) is 11.6. The van der Waals surface area contributed by atoms with Crippen molar-refractivity contribution < 1.29 is 12.8 Å². The number of aromatic nitrogens is 2. The van der Waals surface area contributed by atoms with E-state index in [4.69, 9.17) is 5.14 Å². The number of anilines is 1. The van der Waals surface area contributed by atoms with Crippen molar-refractivity contribution in [2.24, 2.45) is 5.14 Å². The molecule has 0 spiro atoms. The van der Waals surface area contributed by atoms with Gasteiger partial charge in [-0.05, 0) is 29.8 Å². The second-order valence-electron chi connectivity index (χ2n) is 4.90. The number of nitrogens with zero attached hydrogens (tertiary/aromatic N) is 2. The van der Waals surface area contributed by atoms with E-state index in [2.05, 4.69) is 15.3 Å². The maximum atomic E-state index is 13.7. The molecular weight excluding hydrogens is 319 g/mol. The summed E-state index contributed by atoms with van der Waals surface area (Å²) in [7, 11) is -3.75. The van der Waals surface area contributed by atoms with Gasteiger partial charge < -0.3 is 5.32 Å². The SMILES string of the molecule is NS(=O)(=O)c1cccc(CNc2ncnc3c(F)cccc23)c1. The van der Waals surface area contributed by atoms with E-state index in [1.807, 2.05) is 0 Å². The Morgan fingerprint density at radius 2 is 1.91 bits per heavy atom. The molecule has 0 aliphatic carbocycles. The van der Waals surface area contributed by atoms with Crippen molar-refractivity contribution in [3.05, 3.63) is 60.2 Å². The maximum absolute atomic E-state index is 13.7. The lowest BCUT2D eigenvalue weighted by atomic mass is 10.2. The van der Waals surface area contributed by atoms with Crippen LogP contribution in [0.15, 0.2) is 53.7 Å². The Morgan fingerprint density at radius 3 is 2.70 bits per heavy atom. The monoisotopic (exact) mass is 332 g/mol. The first-order valence-corrected chi connectivity index (χ1v) is 8.24. The quantitative estimate of drug-likeness (QED) is 0.762. The Balaban J connectivity index is 1.89. The van der Waals surface area contributed by atoms with Crippen molar-refractivity contribution in [2.75, 3.05) is 5.32 Å². The van der Waals surface area contributed by atoms with Gasteiger partial charge in [-0.25, -0.2) is 27.9 Å². The average Bonchev–Trinajstić information content (AvgIpc) is 2.53. The number of fused-ring (bicyclic) bond motifs is 1. The number of hydrogen-bond acceptors (Lipinski definition) is 5. The molecule has 1 aromatic heterocycles. The summed E-state index contributed by atoms with van der Waals surface area (Å²) in [5, 5.41) is 8.72. The summed E-state index contributed by atoms with van der Waals surface area (Å²) < 4.78 is 36.4. The van der Waals surface area contributed by atoms with Crippen molar-refractivity contribution in [2.45, 2.75) is 11.4 Å². The zero-order chi connectivity index (χ0) is 16.4. The van der Waals surface area contributed by atoms with Crippen molar-refractivity contribution in [3.8, 4) is 0 Å². The van der Waals surface area contributed by atoms with Gasteiger partial charge in [0.25, 0.3) is 0 Å². The number of benzene rings is 2. The molecule has 0 fully saturated rings. The molecule has 0 saturated carbocycles. The lowest BCUT2D eigenvalue weighted by molar-refractivity contribution is 0.597. The fourth-order valence-corrected chi connectivity index (χ4v) is 2.79. The van der Waals surface area contributed by atoms with Crippen molar-refractivity contribution in [1.29, 1.82) is 0 Å². The molecule has 118 valence electrons. The zero-order valence-electron chi connectivity index (χ0n) is 11.9. The van der Waals surface area contributed by atoms with E-state index in [0.29, 0.717) is 23.3 Å². The first-order chi connectivity index (χ1) is 10.9. The molecule has 2 aromatic carbocycles. The van der Waals surface area contributed by atoms with Crippen LogP contribution in [-0.4, -0.2) is 18.4 Å². The first-order valence-electron chi connectivity index (χ1n) is 6.70. The van der Waals surface area contributed by atoms with Gasteiger partial charge in [-0.2, -0.15) is 0 Å². The fourth-order valence-electron chi connectivity index (χ4n) is 2.21. The number of hydrogen-bond donors (Lipinski definition) is 2. The number of sulfonamides is 1. The van der Waals surface area contributed by atoms with Crippen LogP contribution in [0.1, 0.15) is 5.56 Å². The number of rotatable bonds is 4. The van der Waals surface area contributed by atoms with E-state index in [1.165, 1.54) is 24.5 Å². The van der Waals surface area contributed by atoms with Gasteiger partial charge in [0, 0.05) is 11.9 Å². The number of nitrogens with one attached hydrogen (secondary N) is 1. The van der Waals surface area contributed by atoms with E-state index < -0.39 is 15.8 Å². The summed E-state index contributed by atoms with van der Waals surface area (Å²) in [6.45, 7) is 0.311. The predicted molar refractivity (Wildman–Crippen MR) is 84.6 cm³/mol. The Hall–Kier alpha value is -2.58.